The minimum absolute atomic E-state index is 0.0805. The van der Waals surface area contributed by atoms with Gasteiger partial charge in [0, 0.05) is 44.7 Å². The molecule has 142 valence electrons. The summed E-state index contributed by atoms with van der Waals surface area (Å²) in [5.74, 6) is 1.40. The molecular weight excluding hydrogens is 330 g/mol. The molecule has 1 unspecified atom stereocenters. The van der Waals surface area contributed by atoms with Crippen LogP contribution in [0.15, 0.2) is 24.3 Å². The number of hydrogen-bond donors (Lipinski definition) is 1. The lowest BCUT2D eigenvalue weighted by Crippen LogP contribution is -2.63. The van der Waals surface area contributed by atoms with Gasteiger partial charge < -0.3 is 24.6 Å². The summed E-state index contributed by atoms with van der Waals surface area (Å²) in [5, 5.41) is 3.14. The van der Waals surface area contributed by atoms with Crippen molar-refractivity contribution in [3.05, 3.63) is 24.3 Å². The van der Waals surface area contributed by atoms with E-state index < -0.39 is 0 Å². The number of nitrogens with zero attached hydrogens (tertiary/aromatic N) is 2. The Morgan fingerprint density at radius 2 is 2.23 bits per heavy atom. The molecular formula is C20H29N3O3. The van der Waals surface area contributed by atoms with E-state index in [-0.39, 0.29) is 11.4 Å². The van der Waals surface area contributed by atoms with Gasteiger partial charge >= 0.3 is 6.03 Å². The molecule has 4 rings (SSSR count). The van der Waals surface area contributed by atoms with Crippen LogP contribution in [0, 0.1) is 11.3 Å². The molecule has 1 aromatic rings. The van der Waals surface area contributed by atoms with Crippen LogP contribution in [0.1, 0.15) is 19.3 Å². The number of carbonyl (C=O) groups excluding carboxylic acids is 1. The maximum atomic E-state index is 12.4. The molecule has 0 radical (unpaired) electrons. The van der Waals surface area contributed by atoms with Gasteiger partial charge in [0.25, 0.3) is 0 Å². The Morgan fingerprint density at radius 1 is 1.38 bits per heavy atom. The van der Waals surface area contributed by atoms with Gasteiger partial charge in [0.15, 0.2) is 0 Å². The number of carbonyl (C=O) groups is 1. The zero-order valence-electron chi connectivity index (χ0n) is 15.6. The number of methoxy groups -OCH3 is 1. The molecule has 0 saturated carbocycles. The number of urea groups is 1. The third kappa shape index (κ3) is 3.47. The van der Waals surface area contributed by atoms with E-state index in [9.17, 15) is 4.79 Å². The smallest absolute Gasteiger partial charge is 0.317 e. The molecule has 3 aliphatic rings. The second-order valence-electron chi connectivity index (χ2n) is 7.97. The van der Waals surface area contributed by atoms with Crippen LogP contribution >= 0.6 is 0 Å². The first kappa shape index (κ1) is 17.5. The molecule has 6 heteroatoms. The molecule has 6 nitrogen and oxygen atoms in total. The van der Waals surface area contributed by atoms with Crippen molar-refractivity contribution in [2.45, 2.75) is 19.3 Å². The number of para-hydroxylation sites is 2. The van der Waals surface area contributed by atoms with E-state index in [1.807, 2.05) is 23.1 Å². The lowest BCUT2D eigenvalue weighted by Gasteiger charge is -2.51. The van der Waals surface area contributed by atoms with Gasteiger partial charge in [0.1, 0.15) is 5.75 Å². The van der Waals surface area contributed by atoms with Crippen LogP contribution < -0.4 is 15.0 Å². The highest BCUT2D eigenvalue weighted by Crippen LogP contribution is 2.38. The number of rotatable bonds is 4. The highest BCUT2D eigenvalue weighted by atomic mass is 16.5. The van der Waals surface area contributed by atoms with Crippen LogP contribution in [0.5, 0.6) is 5.75 Å². The Hall–Kier alpha value is -1.95. The standard InChI is InChI=1S/C20H29N3O3/c1-25-18-6-3-2-5-17(18)22-9-7-16(12-22)11-21-19(24)23-13-20(14-23)8-4-10-26-15-20/h2-3,5-6,16H,4,7-15H2,1H3,(H,21,24). The second-order valence-corrected chi connectivity index (χ2v) is 7.97. The van der Waals surface area contributed by atoms with Crippen molar-refractivity contribution in [2.75, 3.05) is 57.9 Å². The van der Waals surface area contributed by atoms with Crippen LogP contribution in [0.3, 0.4) is 0 Å². The van der Waals surface area contributed by atoms with Gasteiger partial charge in [-0.3, -0.25) is 0 Å². The number of nitrogens with one attached hydrogen (secondary N) is 1. The molecule has 3 saturated heterocycles. The summed E-state index contributed by atoms with van der Waals surface area (Å²) in [6, 6.07) is 8.22. The minimum Gasteiger partial charge on any atom is -0.495 e. The number of hydrogen-bond acceptors (Lipinski definition) is 4. The fourth-order valence-electron chi connectivity index (χ4n) is 4.52. The summed E-state index contributed by atoms with van der Waals surface area (Å²) in [6.45, 7) is 6.08. The van der Waals surface area contributed by atoms with Crippen LogP contribution in [0.2, 0.25) is 0 Å². The van der Waals surface area contributed by atoms with Crippen LogP contribution in [0.25, 0.3) is 0 Å². The quantitative estimate of drug-likeness (QED) is 0.897. The molecule has 1 atom stereocenters. The molecule has 3 fully saturated rings. The largest absolute Gasteiger partial charge is 0.495 e. The number of anilines is 1. The summed E-state index contributed by atoms with van der Waals surface area (Å²) in [6.07, 6.45) is 3.40. The average molecular weight is 359 g/mol. The summed E-state index contributed by atoms with van der Waals surface area (Å²) in [7, 11) is 1.71. The lowest BCUT2D eigenvalue weighted by molar-refractivity contribution is -0.0827. The third-order valence-electron chi connectivity index (χ3n) is 6.00. The van der Waals surface area contributed by atoms with Gasteiger partial charge in [-0.1, -0.05) is 12.1 Å². The molecule has 1 spiro atoms. The number of benzene rings is 1. The first-order chi connectivity index (χ1) is 12.7. The van der Waals surface area contributed by atoms with Crippen molar-refractivity contribution in [1.29, 1.82) is 0 Å². The number of amides is 2. The molecule has 3 aliphatic heterocycles. The fourth-order valence-corrected chi connectivity index (χ4v) is 4.52. The Labute approximate surface area is 155 Å². The van der Waals surface area contributed by atoms with E-state index in [1.54, 1.807) is 7.11 Å². The molecule has 3 heterocycles. The monoisotopic (exact) mass is 359 g/mol. The van der Waals surface area contributed by atoms with Crippen molar-refractivity contribution in [3.8, 4) is 5.75 Å². The molecule has 0 aromatic heterocycles. The van der Waals surface area contributed by atoms with Gasteiger partial charge in [-0.05, 0) is 37.3 Å². The van der Waals surface area contributed by atoms with Crippen molar-refractivity contribution in [1.82, 2.24) is 10.2 Å². The van der Waals surface area contributed by atoms with Gasteiger partial charge in [-0.15, -0.1) is 0 Å². The Morgan fingerprint density at radius 3 is 3.00 bits per heavy atom. The van der Waals surface area contributed by atoms with Crippen molar-refractivity contribution in [2.24, 2.45) is 11.3 Å². The number of likely N-dealkylation sites (tertiary alicyclic amines) is 1. The summed E-state index contributed by atoms with van der Waals surface area (Å²) < 4.78 is 11.1. The maximum Gasteiger partial charge on any atom is 0.317 e. The molecule has 26 heavy (non-hydrogen) atoms. The van der Waals surface area contributed by atoms with Crippen molar-refractivity contribution in [3.63, 3.8) is 0 Å². The molecule has 2 amide bonds. The minimum atomic E-state index is 0.0805. The Bertz CT molecular complexity index is 637. The van der Waals surface area contributed by atoms with Gasteiger partial charge in [-0.2, -0.15) is 0 Å². The highest BCUT2D eigenvalue weighted by molar-refractivity contribution is 5.75. The zero-order chi connectivity index (χ0) is 18.0. The SMILES string of the molecule is COc1ccccc1N1CCC(CNC(=O)N2CC3(CCCOC3)C2)C1. The average Bonchev–Trinajstić information content (AvgIpc) is 3.13. The van der Waals surface area contributed by atoms with Gasteiger partial charge in [0.2, 0.25) is 0 Å². The normalized spacial score (nSPS) is 24.4. The summed E-state index contributed by atoms with van der Waals surface area (Å²) >= 11 is 0. The first-order valence-corrected chi connectivity index (χ1v) is 9.68. The van der Waals surface area contributed by atoms with E-state index in [0.717, 1.165) is 70.2 Å². The van der Waals surface area contributed by atoms with Gasteiger partial charge in [-0.25, -0.2) is 4.79 Å². The summed E-state index contributed by atoms with van der Waals surface area (Å²) in [4.78, 5) is 16.7. The first-order valence-electron chi connectivity index (χ1n) is 9.68. The summed E-state index contributed by atoms with van der Waals surface area (Å²) in [5.41, 5.74) is 1.38. The van der Waals surface area contributed by atoms with Crippen LogP contribution in [-0.4, -0.2) is 64.0 Å². The number of ether oxygens (including phenoxy) is 2. The van der Waals surface area contributed by atoms with Crippen LogP contribution in [0.4, 0.5) is 10.5 Å². The van der Waals surface area contributed by atoms with E-state index in [2.05, 4.69) is 16.3 Å². The van der Waals surface area contributed by atoms with Crippen molar-refractivity contribution >= 4 is 11.7 Å². The second kappa shape index (κ2) is 7.35. The predicted octanol–water partition coefficient (Wildman–Crippen LogP) is 2.34. The Balaban J connectivity index is 1.23. The molecule has 0 bridgehead atoms. The zero-order valence-corrected chi connectivity index (χ0v) is 15.6. The fraction of sp³-hybridized carbons (Fsp3) is 0.650. The predicted molar refractivity (Wildman–Crippen MR) is 101 cm³/mol. The molecule has 1 aromatic carbocycles. The van der Waals surface area contributed by atoms with Crippen LogP contribution in [-0.2, 0) is 4.74 Å². The highest BCUT2D eigenvalue weighted by Gasteiger charge is 2.46. The van der Waals surface area contributed by atoms with Crippen molar-refractivity contribution < 1.29 is 14.3 Å². The van der Waals surface area contributed by atoms with E-state index in [1.165, 1.54) is 6.42 Å². The lowest BCUT2D eigenvalue weighted by atomic mass is 9.76. The molecule has 1 N–H and O–H groups in total. The van der Waals surface area contributed by atoms with E-state index in [0.29, 0.717) is 5.92 Å². The van der Waals surface area contributed by atoms with E-state index >= 15 is 0 Å². The van der Waals surface area contributed by atoms with Gasteiger partial charge in [0.05, 0.1) is 19.4 Å². The third-order valence-corrected chi connectivity index (χ3v) is 6.00. The molecule has 0 aliphatic carbocycles. The Kier molecular flexibility index (Phi) is 4.94. The van der Waals surface area contributed by atoms with E-state index in [4.69, 9.17) is 9.47 Å². The maximum absolute atomic E-state index is 12.4. The topological polar surface area (TPSA) is 54.0 Å².